The van der Waals surface area contributed by atoms with Crippen LogP contribution in [0.15, 0.2) is 53.4 Å². The summed E-state index contributed by atoms with van der Waals surface area (Å²) in [6.07, 6.45) is 0. The molecule has 0 aliphatic carbocycles. The first kappa shape index (κ1) is 25.8. The van der Waals surface area contributed by atoms with E-state index in [0.29, 0.717) is 6.54 Å². The zero-order chi connectivity index (χ0) is 24.6. The number of hydrogen-bond donors (Lipinski definition) is 1. The molecule has 0 aromatic heterocycles. The monoisotopic (exact) mass is 496 g/mol. The van der Waals surface area contributed by atoms with Gasteiger partial charge < -0.3 is 10.2 Å². The summed E-state index contributed by atoms with van der Waals surface area (Å²) in [7, 11) is -3.64. The molecule has 0 saturated carbocycles. The topological polar surface area (TPSA) is 83.6 Å². The van der Waals surface area contributed by atoms with Crippen LogP contribution in [0.1, 0.15) is 37.9 Å². The summed E-state index contributed by atoms with van der Waals surface area (Å²) in [5.74, 6) is -0.979. The van der Waals surface area contributed by atoms with Crippen molar-refractivity contribution in [1.82, 2.24) is 10.2 Å². The SMILES string of the molecule is CN(C)C(CN[C@H]1CS(=O)(=O)C[C@@H]1S(=O)(=O)c1ccc(C(C)(C)C)cc1)c1ccc(F)cc1. The van der Waals surface area contributed by atoms with Gasteiger partial charge in [-0.3, -0.25) is 0 Å². The maximum atomic E-state index is 13.4. The summed E-state index contributed by atoms with van der Waals surface area (Å²) >= 11 is 0. The molecule has 1 N–H and O–H groups in total. The molecule has 2 aromatic carbocycles. The number of likely N-dealkylation sites (N-methyl/N-ethyl adjacent to an activating group) is 1. The quantitative estimate of drug-likeness (QED) is 0.635. The van der Waals surface area contributed by atoms with Crippen molar-refractivity contribution in [2.75, 3.05) is 32.1 Å². The van der Waals surface area contributed by atoms with Gasteiger partial charge in [0.2, 0.25) is 0 Å². The van der Waals surface area contributed by atoms with Crippen LogP contribution in [0.3, 0.4) is 0 Å². The molecule has 1 heterocycles. The highest BCUT2D eigenvalue weighted by Crippen LogP contribution is 2.29. The van der Waals surface area contributed by atoms with Crippen molar-refractivity contribution in [2.45, 2.75) is 48.4 Å². The van der Waals surface area contributed by atoms with Crippen molar-refractivity contribution in [1.29, 1.82) is 0 Å². The molecule has 2 aromatic rings. The van der Waals surface area contributed by atoms with E-state index in [9.17, 15) is 21.2 Å². The molecule has 1 saturated heterocycles. The fraction of sp³-hybridized carbons (Fsp3) is 0.500. The van der Waals surface area contributed by atoms with E-state index in [-0.39, 0.29) is 27.9 Å². The van der Waals surface area contributed by atoms with E-state index in [1.807, 2.05) is 39.8 Å². The zero-order valence-corrected chi connectivity index (χ0v) is 21.4. The minimum absolute atomic E-state index is 0.120. The Morgan fingerprint density at radius 3 is 2.12 bits per heavy atom. The number of benzene rings is 2. The van der Waals surface area contributed by atoms with Crippen LogP contribution >= 0.6 is 0 Å². The molecule has 182 valence electrons. The second-order valence-electron chi connectivity index (χ2n) is 9.98. The van der Waals surface area contributed by atoms with Crippen LogP contribution in [0.4, 0.5) is 4.39 Å². The Hall–Kier alpha value is -1.81. The molecule has 9 heteroatoms. The van der Waals surface area contributed by atoms with Crippen molar-refractivity contribution in [2.24, 2.45) is 0 Å². The second-order valence-corrected chi connectivity index (χ2v) is 14.3. The fourth-order valence-electron chi connectivity index (χ4n) is 4.18. The largest absolute Gasteiger partial charge is 0.310 e. The van der Waals surface area contributed by atoms with Gasteiger partial charge in [-0.05, 0) is 54.9 Å². The van der Waals surface area contributed by atoms with Gasteiger partial charge in [0.25, 0.3) is 0 Å². The van der Waals surface area contributed by atoms with Crippen LogP contribution in [-0.4, -0.2) is 65.2 Å². The van der Waals surface area contributed by atoms with Crippen molar-refractivity contribution in [3.63, 3.8) is 0 Å². The lowest BCUT2D eigenvalue weighted by molar-refractivity contribution is 0.281. The maximum absolute atomic E-state index is 13.4. The third-order valence-electron chi connectivity index (χ3n) is 6.20. The molecule has 0 amide bonds. The summed E-state index contributed by atoms with van der Waals surface area (Å²) in [5, 5.41) is 2.13. The summed E-state index contributed by atoms with van der Waals surface area (Å²) in [6.45, 7) is 6.46. The van der Waals surface area contributed by atoms with Gasteiger partial charge in [0.1, 0.15) is 5.82 Å². The van der Waals surface area contributed by atoms with E-state index in [1.54, 1.807) is 36.4 Å². The molecule has 0 bridgehead atoms. The van der Waals surface area contributed by atoms with E-state index in [2.05, 4.69) is 5.32 Å². The number of rotatable bonds is 7. The molecule has 1 aliphatic heterocycles. The molecule has 33 heavy (non-hydrogen) atoms. The van der Waals surface area contributed by atoms with Gasteiger partial charge in [-0.1, -0.05) is 45.0 Å². The van der Waals surface area contributed by atoms with Crippen molar-refractivity contribution in [3.8, 4) is 0 Å². The lowest BCUT2D eigenvalue weighted by atomic mass is 9.87. The third kappa shape index (κ3) is 6.01. The lowest BCUT2D eigenvalue weighted by Crippen LogP contribution is -2.46. The Labute approximate surface area is 197 Å². The fourth-order valence-corrected chi connectivity index (χ4v) is 8.89. The molecule has 0 spiro atoms. The standard InChI is InChI=1S/C24H33FN2O4S2/c1-24(2,3)18-8-12-20(13-9-18)33(30,31)23-16-32(28,29)15-21(23)26-14-22(27(4)5)17-6-10-19(25)11-7-17/h6-13,21-23,26H,14-16H2,1-5H3/t21-,22?,23-/m0/s1. The molecule has 3 atom stereocenters. The van der Waals surface area contributed by atoms with Gasteiger partial charge in [-0.15, -0.1) is 0 Å². The van der Waals surface area contributed by atoms with Crippen LogP contribution < -0.4 is 5.32 Å². The minimum Gasteiger partial charge on any atom is -0.310 e. The average Bonchev–Trinajstić information content (AvgIpc) is 3.04. The first-order chi connectivity index (χ1) is 15.2. The van der Waals surface area contributed by atoms with Gasteiger partial charge in [-0.25, -0.2) is 21.2 Å². The molecule has 0 radical (unpaired) electrons. The molecule has 3 rings (SSSR count). The van der Waals surface area contributed by atoms with Crippen LogP contribution in [0.5, 0.6) is 0 Å². The summed E-state index contributed by atoms with van der Waals surface area (Å²) in [6, 6.07) is 11.9. The van der Waals surface area contributed by atoms with Crippen LogP contribution in [-0.2, 0) is 25.1 Å². The summed E-state index contributed by atoms with van der Waals surface area (Å²) in [5.41, 5.74) is 1.74. The van der Waals surface area contributed by atoms with E-state index in [0.717, 1.165) is 11.1 Å². The number of nitrogens with zero attached hydrogens (tertiary/aromatic N) is 1. The van der Waals surface area contributed by atoms with Crippen LogP contribution in [0, 0.1) is 5.82 Å². The average molecular weight is 497 g/mol. The summed E-state index contributed by atoms with van der Waals surface area (Å²) < 4.78 is 65.1. The Kier molecular flexibility index (Phi) is 7.39. The van der Waals surface area contributed by atoms with E-state index < -0.39 is 36.7 Å². The van der Waals surface area contributed by atoms with Crippen LogP contribution in [0.2, 0.25) is 0 Å². The Bertz CT molecular complexity index is 1170. The van der Waals surface area contributed by atoms with E-state index in [1.165, 1.54) is 12.1 Å². The molecule has 1 aliphatic rings. The lowest BCUT2D eigenvalue weighted by Gasteiger charge is -2.28. The van der Waals surface area contributed by atoms with Crippen molar-refractivity contribution < 1.29 is 21.2 Å². The van der Waals surface area contributed by atoms with Crippen molar-refractivity contribution >= 4 is 19.7 Å². The van der Waals surface area contributed by atoms with Gasteiger partial charge in [0, 0.05) is 18.6 Å². The number of halogens is 1. The van der Waals surface area contributed by atoms with Crippen molar-refractivity contribution in [3.05, 3.63) is 65.5 Å². The zero-order valence-electron chi connectivity index (χ0n) is 19.7. The highest BCUT2D eigenvalue weighted by molar-refractivity contribution is 7.96. The molecule has 6 nitrogen and oxygen atoms in total. The Morgan fingerprint density at radius 1 is 1.03 bits per heavy atom. The normalized spacial score (nSPS) is 21.9. The number of nitrogens with one attached hydrogen (secondary N) is 1. The predicted octanol–water partition coefficient (Wildman–Crippen LogP) is 2.96. The summed E-state index contributed by atoms with van der Waals surface area (Å²) in [4.78, 5) is 2.06. The van der Waals surface area contributed by atoms with E-state index >= 15 is 0 Å². The number of sulfone groups is 2. The molecular formula is C24H33FN2O4S2. The highest BCUT2D eigenvalue weighted by atomic mass is 32.2. The van der Waals surface area contributed by atoms with Crippen LogP contribution in [0.25, 0.3) is 0 Å². The second kappa shape index (κ2) is 9.44. The smallest absolute Gasteiger partial charge is 0.183 e. The highest BCUT2D eigenvalue weighted by Gasteiger charge is 2.45. The minimum atomic E-state index is -3.86. The molecule has 1 fully saturated rings. The number of hydrogen-bond acceptors (Lipinski definition) is 6. The molecular weight excluding hydrogens is 463 g/mol. The first-order valence-electron chi connectivity index (χ1n) is 10.9. The van der Waals surface area contributed by atoms with Gasteiger partial charge >= 0.3 is 0 Å². The van der Waals surface area contributed by atoms with Gasteiger partial charge in [0.05, 0.1) is 21.7 Å². The Morgan fingerprint density at radius 2 is 1.61 bits per heavy atom. The molecule has 1 unspecified atom stereocenters. The predicted molar refractivity (Wildman–Crippen MR) is 129 cm³/mol. The first-order valence-corrected chi connectivity index (χ1v) is 14.3. The van der Waals surface area contributed by atoms with Gasteiger partial charge in [0.15, 0.2) is 19.7 Å². The maximum Gasteiger partial charge on any atom is 0.183 e. The van der Waals surface area contributed by atoms with Gasteiger partial charge in [-0.2, -0.15) is 0 Å². The van der Waals surface area contributed by atoms with E-state index in [4.69, 9.17) is 0 Å². The third-order valence-corrected chi connectivity index (χ3v) is 10.4. The Balaban J connectivity index is 1.84.